The molecule has 2 heteroatoms. The Hall–Kier alpha value is -0.0800. The molecule has 19 heavy (non-hydrogen) atoms. The van der Waals surface area contributed by atoms with Crippen molar-refractivity contribution in [2.45, 2.75) is 78.3 Å². The van der Waals surface area contributed by atoms with Crippen molar-refractivity contribution < 1.29 is 0 Å². The van der Waals surface area contributed by atoms with Crippen molar-refractivity contribution >= 4 is 0 Å². The number of nitrogens with zero attached hydrogens (tertiary/aromatic N) is 1. The van der Waals surface area contributed by atoms with E-state index in [1.165, 1.54) is 58.2 Å². The zero-order valence-corrected chi connectivity index (χ0v) is 13.5. The van der Waals surface area contributed by atoms with Gasteiger partial charge in [0.25, 0.3) is 0 Å². The van der Waals surface area contributed by atoms with Crippen LogP contribution in [0.1, 0.15) is 66.2 Å². The molecule has 0 aromatic carbocycles. The van der Waals surface area contributed by atoms with Crippen molar-refractivity contribution in [1.82, 2.24) is 10.2 Å². The van der Waals surface area contributed by atoms with Gasteiger partial charge in [0.1, 0.15) is 0 Å². The molecule has 0 radical (unpaired) electrons. The van der Waals surface area contributed by atoms with Crippen LogP contribution in [-0.4, -0.2) is 36.6 Å². The first kappa shape index (κ1) is 15.3. The molecule has 0 aromatic heterocycles. The summed E-state index contributed by atoms with van der Waals surface area (Å²) in [5.74, 6) is 0.881. The van der Waals surface area contributed by atoms with Gasteiger partial charge < -0.3 is 5.32 Å². The first-order valence-electron chi connectivity index (χ1n) is 8.44. The molecule has 1 saturated carbocycles. The molecular weight excluding hydrogens is 232 g/mol. The summed E-state index contributed by atoms with van der Waals surface area (Å²) in [7, 11) is 0. The highest BCUT2D eigenvalue weighted by molar-refractivity contribution is 4.87. The molecule has 1 saturated heterocycles. The largest absolute Gasteiger partial charge is 0.312 e. The Labute approximate surface area is 120 Å². The second kappa shape index (κ2) is 6.58. The predicted molar refractivity (Wildman–Crippen MR) is 83.5 cm³/mol. The van der Waals surface area contributed by atoms with E-state index in [-0.39, 0.29) is 0 Å². The van der Waals surface area contributed by atoms with Crippen LogP contribution in [-0.2, 0) is 0 Å². The van der Waals surface area contributed by atoms with Crippen molar-refractivity contribution in [2.75, 3.05) is 19.6 Å². The molecule has 112 valence electrons. The zero-order valence-electron chi connectivity index (χ0n) is 13.5. The highest BCUT2D eigenvalue weighted by Gasteiger charge is 2.32. The van der Waals surface area contributed by atoms with E-state index < -0.39 is 0 Å². The molecule has 0 aromatic rings. The summed E-state index contributed by atoms with van der Waals surface area (Å²) in [6.07, 6.45) is 8.35. The van der Waals surface area contributed by atoms with Crippen LogP contribution < -0.4 is 5.32 Å². The van der Waals surface area contributed by atoms with Crippen LogP contribution in [0.3, 0.4) is 0 Å². The molecule has 2 fully saturated rings. The molecule has 0 amide bonds. The fourth-order valence-corrected chi connectivity index (χ4v) is 4.33. The summed E-state index contributed by atoms with van der Waals surface area (Å²) in [5, 5.41) is 3.86. The fraction of sp³-hybridized carbons (Fsp3) is 1.00. The standard InChI is InChI=1S/C17H34N2/c1-14-10-16(12-17(3,4)11-14)18-13-15(2)19-8-6-5-7-9-19/h14-16,18H,5-13H2,1-4H3. The summed E-state index contributed by atoms with van der Waals surface area (Å²) in [5.41, 5.74) is 0.531. The summed E-state index contributed by atoms with van der Waals surface area (Å²) in [4.78, 5) is 2.67. The van der Waals surface area contributed by atoms with Crippen LogP contribution in [0.25, 0.3) is 0 Å². The molecule has 0 spiro atoms. The third-order valence-corrected chi connectivity index (χ3v) is 5.10. The third kappa shape index (κ3) is 4.75. The minimum Gasteiger partial charge on any atom is -0.312 e. The molecule has 1 aliphatic heterocycles. The molecule has 0 bridgehead atoms. The highest BCUT2D eigenvalue weighted by atomic mass is 15.2. The smallest absolute Gasteiger partial charge is 0.0192 e. The van der Waals surface area contributed by atoms with Gasteiger partial charge in [-0.3, -0.25) is 4.90 Å². The first-order valence-corrected chi connectivity index (χ1v) is 8.44. The van der Waals surface area contributed by atoms with Crippen LogP contribution in [0, 0.1) is 11.3 Å². The number of likely N-dealkylation sites (tertiary alicyclic amines) is 1. The van der Waals surface area contributed by atoms with Crippen molar-refractivity contribution in [2.24, 2.45) is 11.3 Å². The van der Waals surface area contributed by atoms with Crippen LogP contribution in [0.15, 0.2) is 0 Å². The van der Waals surface area contributed by atoms with Crippen LogP contribution in [0.4, 0.5) is 0 Å². The van der Waals surface area contributed by atoms with E-state index in [2.05, 4.69) is 37.9 Å². The molecule has 1 heterocycles. The van der Waals surface area contributed by atoms with Crippen molar-refractivity contribution in [3.8, 4) is 0 Å². The van der Waals surface area contributed by atoms with E-state index in [4.69, 9.17) is 0 Å². The predicted octanol–water partition coefficient (Wildman–Crippen LogP) is 3.67. The van der Waals surface area contributed by atoms with E-state index >= 15 is 0 Å². The highest BCUT2D eigenvalue weighted by Crippen LogP contribution is 2.38. The number of piperidine rings is 1. The van der Waals surface area contributed by atoms with Gasteiger partial charge in [-0.25, -0.2) is 0 Å². The van der Waals surface area contributed by atoms with Gasteiger partial charge in [-0.2, -0.15) is 0 Å². The first-order chi connectivity index (χ1) is 8.96. The Balaban J connectivity index is 1.74. The van der Waals surface area contributed by atoms with Gasteiger partial charge in [-0.05, 0) is 63.5 Å². The average molecular weight is 266 g/mol. The normalized spacial score (nSPS) is 34.1. The lowest BCUT2D eigenvalue weighted by Gasteiger charge is -2.40. The molecule has 2 aliphatic rings. The van der Waals surface area contributed by atoms with Crippen molar-refractivity contribution in [1.29, 1.82) is 0 Å². The molecule has 3 atom stereocenters. The van der Waals surface area contributed by atoms with Gasteiger partial charge in [0.2, 0.25) is 0 Å². The van der Waals surface area contributed by atoms with Gasteiger partial charge in [-0.1, -0.05) is 27.2 Å². The number of hydrogen-bond acceptors (Lipinski definition) is 2. The lowest BCUT2D eigenvalue weighted by molar-refractivity contribution is 0.132. The quantitative estimate of drug-likeness (QED) is 0.835. The molecule has 3 unspecified atom stereocenters. The van der Waals surface area contributed by atoms with E-state index in [9.17, 15) is 0 Å². The SMILES string of the molecule is CC1CC(NCC(C)N2CCCCC2)CC(C)(C)C1. The maximum absolute atomic E-state index is 3.86. The summed E-state index contributed by atoms with van der Waals surface area (Å²) in [6, 6.07) is 1.45. The monoisotopic (exact) mass is 266 g/mol. The fourth-order valence-electron chi connectivity index (χ4n) is 4.33. The second-order valence-electron chi connectivity index (χ2n) is 7.96. The van der Waals surface area contributed by atoms with Gasteiger partial charge in [-0.15, -0.1) is 0 Å². The van der Waals surface area contributed by atoms with E-state index in [0.717, 1.165) is 12.0 Å². The Kier molecular flexibility index (Phi) is 5.30. The van der Waals surface area contributed by atoms with Crippen LogP contribution in [0.5, 0.6) is 0 Å². The molecule has 1 N–H and O–H groups in total. The zero-order chi connectivity index (χ0) is 13.9. The molecule has 1 aliphatic carbocycles. The van der Waals surface area contributed by atoms with Crippen LogP contribution >= 0.6 is 0 Å². The van der Waals surface area contributed by atoms with Gasteiger partial charge in [0.15, 0.2) is 0 Å². The minimum atomic E-state index is 0.531. The van der Waals surface area contributed by atoms with Gasteiger partial charge >= 0.3 is 0 Å². The van der Waals surface area contributed by atoms with Crippen molar-refractivity contribution in [3.05, 3.63) is 0 Å². The Morgan fingerprint density at radius 3 is 2.47 bits per heavy atom. The van der Waals surface area contributed by atoms with Gasteiger partial charge in [0, 0.05) is 18.6 Å². The minimum absolute atomic E-state index is 0.531. The summed E-state index contributed by atoms with van der Waals surface area (Å²) < 4.78 is 0. The maximum Gasteiger partial charge on any atom is 0.0192 e. The Morgan fingerprint density at radius 1 is 1.16 bits per heavy atom. The second-order valence-corrected chi connectivity index (χ2v) is 7.96. The number of rotatable bonds is 4. The number of nitrogens with one attached hydrogen (secondary N) is 1. The molecule has 2 rings (SSSR count). The lowest BCUT2D eigenvalue weighted by atomic mass is 9.70. The molecular formula is C17H34N2. The van der Waals surface area contributed by atoms with E-state index in [1.54, 1.807) is 0 Å². The number of hydrogen-bond donors (Lipinski definition) is 1. The van der Waals surface area contributed by atoms with Gasteiger partial charge in [0.05, 0.1) is 0 Å². The van der Waals surface area contributed by atoms with E-state index in [0.29, 0.717) is 11.5 Å². The summed E-state index contributed by atoms with van der Waals surface area (Å²) >= 11 is 0. The Morgan fingerprint density at radius 2 is 1.84 bits per heavy atom. The molecule has 2 nitrogen and oxygen atoms in total. The lowest BCUT2D eigenvalue weighted by Crippen LogP contribution is -2.47. The average Bonchev–Trinajstić information content (AvgIpc) is 2.34. The summed E-state index contributed by atoms with van der Waals surface area (Å²) in [6.45, 7) is 13.5. The maximum atomic E-state index is 3.86. The third-order valence-electron chi connectivity index (χ3n) is 5.10. The van der Waals surface area contributed by atoms with E-state index in [1.807, 2.05) is 0 Å². The topological polar surface area (TPSA) is 15.3 Å². The Bertz CT molecular complexity index is 268. The van der Waals surface area contributed by atoms with Crippen molar-refractivity contribution in [3.63, 3.8) is 0 Å². The van der Waals surface area contributed by atoms with Crippen LogP contribution in [0.2, 0.25) is 0 Å².